The van der Waals surface area contributed by atoms with Crippen molar-refractivity contribution < 1.29 is 22.3 Å². The number of hydrogen-bond donors (Lipinski definition) is 0. The van der Waals surface area contributed by atoms with Gasteiger partial charge in [0.15, 0.2) is 6.61 Å². The van der Waals surface area contributed by atoms with Gasteiger partial charge in [-0.25, -0.2) is 22.3 Å². The Morgan fingerprint density at radius 1 is 1.21 bits per heavy atom. The van der Waals surface area contributed by atoms with E-state index in [1.54, 1.807) is 51.2 Å². The van der Waals surface area contributed by atoms with Gasteiger partial charge < -0.3 is 4.74 Å². The lowest BCUT2D eigenvalue weighted by Crippen LogP contribution is -2.49. The third-order valence-corrected chi connectivity index (χ3v) is 6.42. The van der Waals surface area contributed by atoms with Crippen molar-refractivity contribution in [3.63, 3.8) is 0 Å². The molecule has 0 radical (unpaired) electrons. The van der Waals surface area contributed by atoms with E-state index in [0.29, 0.717) is 21.3 Å². The molecule has 3 rings (SSSR count). The molecule has 0 N–H and O–H groups in total. The molecule has 2 aromatic heterocycles. The average Bonchev–Trinajstić information content (AvgIpc) is 3.21. The van der Waals surface area contributed by atoms with E-state index in [9.17, 15) is 17.6 Å². The third kappa shape index (κ3) is 5.50. The molecule has 33 heavy (non-hydrogen) atoms. The van der Waals surface area contributed by atoms with Crippen LogP contribution in [-0.2, 0) is 21.3 Å². The number of nitriles is 1. The summed E-state index contributed by atoms with van der Waals surface area (Å²) in [4.78, 5) is 16.2. The van der Waals surface area contributed by atoms with E-state index < -0.39 is 34.1 Å². The summed E-state index contributed by atoms with van der Waals surface area (Å²) in [5.41, 5.74) is 0.560. The molecule has 2 heterocycles. The van der Waals surface area contributed by atoms with Crippen LogP contribution in [0.1, 0.15) is 26.5 Å². The number of halogens is 1. The van der Waals surface area contributed by atoms with E-state index in [1.807, 2.05) is 0 Å². The number of carbonyl (C=O) groups excluding carboxylic acids is 1. The first kappa shape index (κ1) is 23.8. The van der Waals surface area contributed by atoms with Crippen LogP contribution >= 0.6 is 0 Å². The third-order valence-electron chi connectivity index (χ3n) is 4.37. The summed E-state index contributed by atoms with van der Waals surface area (Å²) in [6.07, 6.45) is 1.63. The Labute approximate surface area is 190 Å². The molecule has 0 aliphatic rings. The van der Waals surface area contributed by atoms with Crippen molar-refractivity contribution in [1.29, 1.82) is 5.26 Å². The Bertz CT molecular complexity index is 1280. The van der Waals surface area contributed by atoms with Gasteiger partial charge in [-0.3, -0.25) is 4.98 Å². The second-order valence-electron chi connectivity index (χ2n) is 7.95. The predicted molar refractivity (Wildman–Crippen MR) is 114 cm³/mol. The van der Waals surface area contributed by atoms with Crippen LogP contribution in [0, 0.1) is 17.1 Å². The molecule has 3 aromatic rings. The normalized spacial score (nSPS) is 11.6. The van der Waals surface area contributed by atoms with Gasteiger partial charge in [0, 0.05) is 5.56 Å². The van der Waals surface area contributed by atoms with Crippen LogP contribution in [0.3, 0.4) is 0 Å². The minimum Gasteiger partial charge on any atom is -0.433 e. The van der Waals surface area contributed by atoms with Crippen molar-refractivity contribution >= 4 is 16.1 Å². The molecule has 0 saturated carbocycles. The van der Waals surface area contributed by atoms with Crippen molar-refractivity contribution in [3.8, 4) is 17.3 Å². The highest BCUT2D eigenvalue weighted by atomic mass is 32.2. The van der Waals surface area contributed by atoms with E-state index in [4.69, 9.17) is 10.00 Å². The Hall–Kier alpha value is -3.85. The van der Waals surface area contributed by atoms with Gasteiger partial charge in [-0.15, -0.1) is 5.10 Å². The van der Waals surface area contributed by atoms with Gasteiger partial charge in [-0.1, -0.05) is 17.3 Å². The minimum atomic E-state index is -4.26. The summed E-state index contributed by atoms with van der Waals surface area (Å²) >= 11 is 0. The maximum absolute atomic E-state index is 13.1. The van der Waals surface area contributed by atoms with Gasteiger partial charge in [-0.2, -0.15) is 9.57 Å². The Morgan fingerprint density at radius 2 is 1.91 bits per heavy atom. The summed E-state index contributed by atoms with van der Waals surface area (Å²) in [6, 6.07) is 10.3. The largest absolute Gasteiger partial charge is 0.433 e. The van der Waals surface area contributed by atoms with Gasteiger partial charge in [-0.05, 0) is 45.0 Å². The molecule has 0 atom stereocenters. The maximum atomic E-state index is 13.1. The molecule has 0 spiro atoms. The number of benzene rings is 1. The summed E-state index contributed by atoms with van der Waals surface area (Å²) < 4.78 is 46.1. The second kappa shape index (κ2) is 9.33. The summed E-state index contributed by atoms with van der Waals surface area (Å²) in [7, 11) is -4.26. The van der Waals surface area contributed by atoms with E-state index in [2.05, 4.69) is 15.3 Å². The first-order valence-corrected chi connectivity index (χ1v) is 11.2. The molecule has 1 amide bonds. The molecular weight excluding hydrogens is 451 g/mol. The van der Waals surface area contributed by atoms with Gasteiger partial charge in [0.1, 0.15) is 17.6 Å². The lowest BCUT2D eigenvalue weighted by Gasteiger charge is -2.33. The fraction of sp³-hybridized carbons (Fsp3) is 0.286. The summed E-state index contributed by atoms with van der Waals surface area (Å²) in [5.74, 6) is -0.434. The highest BCUT2D eigenvalue weighted by molar-refractivity contribution is 7.89. The lowest BCUT2D eigenvalue weighted by atomic mass is 10.1. The first-order chi connectivity index (χ1) is 15.5. The zero-order chi connectivity index (χ0) is 24.2. The van der Waals surface area contributed by atoms with E-state index in [1.165, 1.54) is 22.9 Å². The maximum Gasteiger partial charge on any atom is 0.425 e. The van der Waals surface area contributed by atoms with Crippen molar-refractivity contribution in [1.82, 2.24) is 24.3 Å². The van der Waals surface area contributed by atoms with Crippen LogP contribution in [-0.4, -0.2) is 50.9 Å². The van der Waals surface area contributed by atoms with Gasteiger partial charge in [0.25, 0.3) is 10.0 Å². The SMILES string of the molecule is CC(C)(C)N(C(=O)OCC#N)S(=O)(=O)c1ccc(-c2cn(Cc3ccc(F)cn3)nn2)cc1. The topological polar surface area (TPSA) is 131 Å². The van der Waals surface area contributed by atoms with Gasteiger partial charge >= 0.3 is 6.09 Å². The van der Waals surface area contributed by atoms with Crippen molar-refractivity contribution in [3.05, 3.63) is 60.3 Å². The number of ether oxygens (including phenoxy) is 1. The van der Waals surface area contributed by atoms with Crippen molar-refractivity contribution in [2.24, 2.45) is 0 Å². The molecule has 0 aliphatic carbocycles. The van der Waals surface area contributed by atoms with Gasteiger partial charge in [0.05, 0.1) is 35.1 Å². The number of sulfonamides is 1. The molecule has 1 aromatic carbocycles. The van der Waals surface area contributed by atoms with Crippen molar-refractivity contribution in [2.75, 3.05) is 6.61 Å². The van der Waals surface area contributed by atoms with Crippen molar-refractivity contribution in [2.45, 2.75) is 37.8 Å². The smallest absolute Gasteiger partial charge is 0.425 e. The minimum absolute atomic E-state index is 0.127. The van der Waals surface area contributed by atoms with E-state index in [-0.39, 0.29) is 11.4 Å². The second-order valence-corrected chi connectivity index (χ2v) is 9.73. The molecular formula is C21H21FN6O4S. The Kier molecular flexibility index (Phi) is 6.73. The molecule has 0 bridgehead atoms. The molecule has 0 saturated heterocycles. The zero-order valence-electron chi connectivity index (χ0n) is 18.1. The number of hydrogen-bond acceptors (Lipinski definition) is 8. The molecule has 0 unspecified atom stereocenters. The summed E-state index contributed by atoms with van der Waals surface area (Å²) in [6.45, 7) is 4.34. The van der Waals surface area contributed by atoms with E-state index >= 15 is 0 Å². The molecule has 172 valence electrons. The molecule has 10 nitrogen and oxygen atoms in total. The monoisotopic (exact) mass is 472 g/mol. The highest BCUT2D eigenvalue weighted by Gasteiger charge is 2.39. The molecule has 0 fully saturated rings. The number of nitrogens with zero attached hydrogens (tertiary/aromatic N) is 6. The van der Waals surface area contributed by atoms with Gasteiger partial charge in [0.2, 0.25) is 0 Å². The average molecular weight is 473 g/mol. The number of aromatic nitrogens is 4. The zero-order valence-corrected chi connectivity index (χ0v) is 19.0. The van der Waals surface area contributed by atoms with Crippen LogP contribution < -0.4 is 0 Å². The molecule has 12 heteroatoms. The number of rotatable bonds is 6. The fourth-order valence-electron chi connectivity index (χ4n) is 2.96. The van der Waals surface area contributed by atoms with Crippen LogP contribution in [0.4, 0.5) is 9.18 Å². The van der Waals surface area contributed by atoms with Crippen LogP contribution in [0.2, 0.25) is 0 Å². The predicted octanol–water partition coefficient (Wildman–Crippen LogP) is 2.98. The summed E-state index contributed by atoms with van der Waals surface area (Å²) in [5, 5.41) is 16.7. The Morgan fingerprint density at radius 3 is 2.48 bits per heavy atom. The quantitative estimate of drug-likeness (QED) is 0.535. The number of pyridine rings is 1. The molecule has 0 aliphatic heterocycles. The van der Waals surface area contributed by atoms with E-state index in [0.717, 1.165) is 6.20 Å². The fourth-order valence-corrected chi connectivity index (χ4v) is 4.62. The first-order valence-electron chi connectivity index (χ1n) is 9.72. The van der Waals surface area contributed by atoms with Crippen LogP contribution in [0.5, 0.6) is 0 Å². The standard InChI is InChI=1S/C21H21FN6O4S/c1-21(2,3)28(20(29)32-11-10-23)33(30,31)18-8-4-15(5-9-18)19-14-27(26-25-19)13-17-7-6-16(22)12-24-17/h4-9,12,14H,11,13H2,1-3H3. The Balaban J connectivity index is 1.83. The number of amides is 1. The number of carbonyl (C=O) groups is 1. The highest BCUT2D eigenvalue weighted by Crippen LogP contribution is 2.27. The lowest BCUT2D eigenvalue weighted by molar-refractivity contribution is 0.116. The van der Waals surface area contributed by atoms with Crippen LogP contribution in [0.15, 0.2) is 53.7 Å². The van der Waals surface area contributed by atoms with Crippen LogP contribution in [0.25, 0.3) is 11.3 Å².